The molecule has 146 valence electrons. The molecule has 0 radical (unpaired) electrons. The van der Waals surface area contributed by atoms with E-state index < -0.39 is 0 Å². The molecule has 3 N–H and O–H groups in total. The van der Waals surface area contributed by atoms with Gasteiger partial charge in [-0.25, -0.2) is 0 Å². The first-order valence-electron chi connectivity index (χ1n) is 10.0. The Morgan fingerprint density at radius 3 is 2.81 bits per heavy atom. The number of rotatable bonds is 5. The number of aliphatic imine (C=N–C) groups is 1. The van der Waals surface area contributed by atoms with Gasteiger partial charge in [-0.3, -0.25) is 9.67 Å². The van der Waals surface area contributed by atoms with Crippen LogP contribution in [0.2, 0.25) is 0 Å². The number of hydrogen-bond acceptors (Lipinski definition) is 4. The Kier molecular flexibility index (Phi) is 6.77. The molecule has 7 nitrogen and oxygen atoms in total. The van der Waals surface area contributed by atoms with Gasteiger partial charge in [0.15, 0.2) is 5.96 Å². The van der Waals surface area contributed by atoms with E-state index in [2.05, 4.69) is 31.8 Å². The van der Waals surface area contributed by atoms with Crippen LogP contribution in [0.3, 0.4) is 0 Å². The fourth-order valence-electron chi connectivity index (χ4n) is 4.18. The number of aromatic nitrogens is 2. The van der Waals surface area contributed by atoms with E-state index in [1.54, 1.807) is 7.05 Å². The molecule has 0 aromatic carbocycles. The molecule has 2 atom stereocenters. The molecule has 0 spiro atoms. The van der Waals surface area contributed by atoms with Gasteiger partial charge in [0, 0.05) is 46.0 Å². The summed E-state index contributed by atoms with van der Waals surface area (Å²) in [4.78, 5) is 6.72. The van der Waals surface area contributed by atoms with Crippen LogP contribution in [-0.4, -0.2) is 59.7 Å². The average Bonchev–Trinajstić information content (AvgIpc) is 3.12. The van der Waals surface area contributed by atoms with Gasteiger partial charge in [-0.15, -0.1) is 0 Å². The van der Waals surface area contributed by atoms with Gasteiger partial charge in [-0.1, -0.05) is 19.3 Å². The summed E-state index contributed by atoms with van der Waals surface area (Å²) in [5.41, 5.74) is 1.18. The Bertz CT molecular complexity index is 580. The number of hydrogen-bond donors (Lipinski definition) is 3. The summed E-state index contributed by atoms with van der Waals surface area (Å²) in [6.45, 7) is 2.58. The highest BCUT2D eigenvalue weighted by molar-refractivity contribution is 5.80. The maximum absolute atomic E-state index is 10.5. The molecule has 26 heavy (non-hydrogen) atoms. The molecule has 1 saturated heterocycles. The molecule has 0 bridgehead atoms. The summed E-state index contributed by atoms with van der Waals surface area (Å²) in [7, 11) is 3.75. The molecule has 1 aliphatic heterocycles. The fourth-order valence-corrected chi connectivity index (χ4v) is 4.18. The van der Waals surface area contributed by atoms with Crippen LogP contribution in [0.5, 0.6) is 0 Å². The van der Waals surface area contributed by atoms with Gasteiger partial charge in [-0.2, -0.15) is 5.10 Å². The summed E-state index contributed by atoms with van der Waals surface area (Å²) in [6.07, 6.45) is 12.1. The maximum Gasteiger partial charge on any atom is 0.191 e. The summed E-state index contributed by atoms with van der Waals surface area (Å²) >= 11 is 0. The van der Waals surface area contributed by atoms with Gasteiger partial charge in [0.1, 0.15) is 0 Å². The second-order valence-corrected chi connectivity index (χ2v) is 7.72. The molecule has 1 saturated carbocycles. The SMILES string of the molecule is CN=C(NCC(O)C1CCCCC1)NC1CCCN(c2cnn(C)c2)C1. The maximum atomic E-state index is 10.5. The molecule has 1 aliphatic carbocycles. The lowest BCUT2D eigenvalue weighted by Crippen LogP contribution is -2.52. The summed E-state index contributed by atoms with van der Waals surface area (Å²) in [5.74, 6) is 1.23. The van der Waals surface area contributed by atoms with Crippen molar-refractivity contribution >= 4 is 11.6 Å². The first-order chi connectivity index (χ1) is 12.7. The minimum absolute atomic E-state index is 0.285. The molecule has 1 aromatic rings. The van der Waals surface area contributed by atoms with Crippen LogP contribution in [-0.2, 0) is 7.05 Å². The minimum atomic E-state index is -0.285. The Balaban J connectivity index is 1.46. The number of aliphatic hydroxyl groups excluding tert-OH is 1. The second-order valence-electron chi connectivity index (χ2n) is 7.72. The van der Waals surface area contributed by atoms with E-state index in [1.807, 2.05) is 17.9 Å². The van der Waals surface area contributed by atoms with E-state index >= 15 is 0 Å². The van der Waals surface area contributed by atoms with Crippen LogP contribution in [0.25, 0.3) is 0 Å². The average molecular weight is 363 g/mol. The molecule has 0 amide bonds. The first-order valence-corrected chi connectivity index (χ1v) is 10.0. The van der Waals surface area contributed by atoms with Crippen molar-refractivity contribution in [3.63, 3.8) is 0 Å². The molecule has 1 aromatic heterocycles. The van der Waals surface area contributed by atoms with Crippen LogP contribution >= 0.6 is 0 Å². The van der Waals surface area contributed by atoms with Gasteiger partial charge in [0.25, 0.3) is 0 Å². The summed E-state index contributed by atoms with van der Waals surface area (Å²) in [6, 6.07) is 0.349. The number of guanidine groups is 1. The van der Waals surface area contributed by atoms with Crippen molar-refractivity contribution < 1.29 is 5.11 Å². The lowest BCUT2D eigenvalue weighted by Gasteiger charge is -2.34. The van der Waals surface area contributed by atoms with Gasteiger partial charge < -0.3 is 20.6 Å². The quantitative estimate of drug-likeness (QED) is 0.546. The van der Waals surface area contributed by atoms with E-state index in [4.69, 9.17) is 0 Å². The highest BCUT2D eigenvalue weighted by Crippen LogP contribution is 2.26. The predicted molar refractivity (Wildman–Crippen MR) is 106 cm³/mol. The van der Waals surface area contributed by atoms with Gasteiger partial charge in [0.05, 0.1) is 18.0 Å². The number of aryl methyl sites for hydroxylation is 1. The standard InChI is InChI=1S/C19H34N6O/c1-20-19(21-12-18(26)15-7-4-3-5-8-15)23-16-9-6-10-25(13-16)17-11-22-24(2)14-17/h11,14-16,18,26H,3-10,12-13H2,1-2H3,(H2,20,21,23). The van der Waals surface area contributed by atoms with Crippen molar-refractivity contribution in [1.29, 1.82) is 0 Å². The molecular formula is C19H34N6O. The van der Waals surface area contributed by atoms with Gasteiger partial charge in [0.2, 0.25) is 0 Å². The zero-order valence-corrected chi connectivity index (χ0v) is 16.2. The third-order valence-electron chi connectivity index (χ3n) is 5.71. The lowest BCUT2D eigenvalue weighted by atomic mass is 9.85. The number of nitrogens with zero attached hydrogens (tertiary/aromatic N) is 4. The Morgan fingerprint density at radius 1 is 1.31 bits per heavy atom. The Labute approximate surface area is 156 Å². The third-order valence-corrected chi connectivity index (χ3v) is 5.71. The zero-order chi connectivity index (χ0) is 18.4. The summed E-state index contributed by atoms with van der Waals surface area (Å²) < 4.78 is 1.85. The Morgan fingerprint density at radius 2 is 2.12 bits per heavy atom. The lowest BCUT2D eigenvalue weighted by molar-refractivity contribution is 0.0879. The van der Waals surface area contributed by atoms with Crippen molar-refractivity contribution in [2.24, 2.45) is 18.0 Å². The highest BCUT2D eigenvalue weighted by atomic mass is 16.3. The third kappa shape index (κ3) is 5.13. The van der Waals surface area contributed by atoms with E-state index in [0.29, 0.717) is 18.5 Å². The zero-order valence-electron chi connectivity index (χ0n) is 16.2. The van der Waals surface area contributed by atoms with Crippen molar-refractivity contribution in [3.8, 4) is 0 Å². The minimum Gasteiger partial charge on any atom is -0.391 e. The highest BCUT2D eigenvalue weighted by Gasteiger charge is 2.24. The van der Waals surface area contributed by atoms with E-state index in [1.165, 1.54) is 24.9 Å². The van der Waals surface area contributed by atoms with Crippen molar-refractivity contribution in [1.82, 2.24) is 20.4 Å². The van der Waals surface area contributed by atoms with Crippen molar-refractivity contribution in [3.05, 3.63) is 12.4 Å². The second kappa shape index (κ2) is 9.26. The molecule has 2 fully saturated rings. The predicted octanol–water partition coefficient (Wildman–Crippen LogP) is 1.50. The van der Waals surface area contributed by atoms with Gasteiger partial charge in [-0.05, 0) is 31.6 Å². The Hall–Kier alpha value is -1.76. The van der Waals surface area contributed by atoms with E-state index in [9.17, 15) is 5.11 Å². The largest absolute Gasteiger partial charge is 0.391 e. The monoisotopic (exact) mass is 362 g/mol. The van der Waals surface area contributed by atoms with Crippen molar-refractivity contribution in [2.75, 3.05) is 31.6 Å². The molecular weight excluding hydrogens is 328 g/mol. The number of aliphatic hydroxyl groups is 1. The smallest absolute Gasteiger partial charge is 0.191 e. The first kappa shape index (κ1) is 19.0. The molecule has 7 heteroatoms. The number of anilines is 1. The van der Waals surface area contributed by atoms with Gasteiger partial charge >= 0.3 is 0 Å². The van der Waals surface area contributed by atoms with E-state index in [0.717, 1.165) is 44.7 Å². The van der Waals surface area contributed by atoms with E-state index in [-0.39, 0.29) is 6.10 Å². The van der Waals surface area contributed by atoms with Crippen LogP contribution in [0.15, 0.2) is 17.4 Å². The topological polar surface area (TPSA) is 77.7 Å². The summed E-state index contributed by atoms with van der Waals surface area (Å²) in [5, 5.41) is 21.6. The van der Waals surface area contributed by atoms with Crippen LogP contribution in [0, 0.1) is 5.92 Å². The van der Waals surface area contributed by atoms with Crippen molar-refractivity contribution in [2.45, 2.75) is 57.1 Å². The molecule has 2 unspecified atom stereocenters. The van der Waals surface area contributed by atoms with Crippen LogP contribution < -0.4 is 15.5 Å². The number of piperidine rings is 1. The molecule has 2 aliphatic rings. The molecule has 2 heterocycles. The normalized spacial score (nSPS) is 23.7. The molecule has 3 rings (SSSR count). The van der Waals surface area contributed by atoms with Crippen LogP contribution in [0.1, 0.15) is 44.9 Å². The van der Waals surface area contributed by atoms with Crippen LogP contribution in [0.4, 0.5) is 5.69 Å². The fraction of sp³-hybridized carbons (Fsp3) is 0.789. The number of nitrogens with one attached hydrogen (secondary N) is 2.